The molecule has 3 aromatic heterocycles. The molecule has 8 heteroatoms. The molecular formula is C12H14N8. The molecule has 4 heterocycles. The minimum atomic E-state index is 0.373. The van der Waals surface area contributed by atoms with Crippen molar-refractivity contribution in [2.24, 2.45) is 0 Å². The van der Waals surface area contributed by atoms with Gasteiger partial charge in [0.15, 0.2) is 11.5 Å². The maximum absolute atomic E-state index is 4.44. The number of nitrogens with zero attached hydrogens (tertiary/aromatic N) is 7. The Kier molecular flexibility index (Phi) is 2.58. The van der Waals surface area contributed by atoms with Gasteiger partial charge in [-0.2, -0.15) is 5.10 Å². The summed E-state index contributed by atoms with van der Waals surface area (Å²) in [6.45, 7) is 1.81. The SMILES string of the molecule is c1nc(N2CCCC2Cn2cncn2)c2[nH]cnc2n1. The van der Waals surface area contributed by atoms with Crippen LogP contribution in [0.4, 0.5) is 5.82 Å². The second kappa shape index (κ2) is 4.55. The zero-order valence-corrected chi connectivity index (χ0v) is 10.8. The Morgan fingerprint density at radius 3 is 3.15 bits per heavy atom. The molecule has 0 bridgehead atoms. The summed E-state index contributed by atoms with van der Waals surface area (Å²) >= 11 is 0. The van der Waals surface area contributed by atoms with Crippen molar-refractivity contribution in [1.82, 2.24) is 34.7 Å². The quantitative estimate of drug-likeness (QED) is 0.750. The lowest BCUT2D eigenvalue weighted by Crippen LogP contribution is -2.34. The highest BCUT2D eigenvalue weighted by atomic mass is 15.3. The second-order valence-electron chi connectivity index (χ2n) is 4.91. The number of aromatic amines is 1. The predicted molar refractivity (Wildman–Crippen MR) is 72.1 cm³/mol. The van der Waals surface area contributed by atoms with Crippen LogP contribution < -0.4 is 4.90 Å². The van der Waals surface area contributed by atoms with Crippen LogP contribution >= 0.6 is 0 Å². The van der Waals surface area contributed by atoms with Crippen LogP contribution in [-0.4, -0.2) is 47.3 Å². The molecule has 3 aromatic rings. The molecule has 0 aromatic carbocycles. The van der Waals surface area contributed by atoms with Gasteiger partial charge in [-0.15, -0.1) is 0 Å². The van der Waals surface area contributed by atoms with E-state index in [1.807, 2.05) is 4.68 Å². The van der Waals surface area contributed by atoms with Gasteiger partial charge in [-0.05, 0) is 12.8 Å². The highest BCUT2D eigenvalue weighted by Gasteiger charge is 2.28. The average molecular weight is 270 g/mol. The number of hydrogen-bond donors (Lipinski definition) is 1. The van der Waals surface area contributed by atoms with E-state index in [0.717, 1.165) is 37.3 Å². The van der Waals surface area contributed by atoms with Crippen molar-refractivity contribution in [3.05, 3.63) is 25.3 Å². The first kappa shape index (κ1) is 11.3. The predicted octanol–water partition coefficient (Wildman–Crippen LogP) is 0.613. The van der Waals surface area contributed by atoms with E-state index in [1.165, 1.54) is 0 Å². The molecular weight excluding hydrogens is 256 g/mol. The summed E-state index contributed by atoms with van der Waals surface area (Å²) in [5.41, 5.74) is 1.61. The summed E-state index contributed by atoms with van der Waals surface area (Å²) < 4.78 is 1.87. The Labute approximate surface area is 114 Å². The maximum Gasteiger partial charge on any atom is 0.182 e. The van der Waals surface area contributed by atoms with Crippen LogP contribution in [0, 0.1) is 0 Å². The van der Waals surface area contributed by atoms with Crippen LogP contribution in [0.5, 0.6) is 0 Å². The highest BCUT2D eigenvalue weighted by Crippen LogP contribution is 2.28. The summed E-state index contributed by atoms with van der Waals surface area (Å²) in [6.07, 6.45) is 8.83. The van der Waals surface area contributed by atoms with Gasteiger partial charge < -0.3 is 9.88 Å². The lowest BCUT2D eigenvalue weighted by molar-refractivity contribution is 0.507. The summed E-state index contributed by atoms with van der Waals surface area (Å²) in [5.74, 6) is 0.926. The first-order chi connectivity index (χ1) is 9.92. The molecule has 102 valence electrons. The zero-order valence-electron chi connectivity index (χ0n) is 10.8. The van der Waals surface area contributed by atoms with E-state index in [0.29, 0.717) is 11.7 Å². The van der Waals surface area contributed by atoms with Crippen molar-refractivity contribution in [1.29, 1.82) is 0 Å². The van der Waals surface area contributed by atoms with E-state index in [9.17, 15) is 0 Å². The third kappa shape index (κ3) is 1.80. The Morgan fingerprint density at radius 1 is 1.25 bits per heavy atom. The lowest BCUT2D eigenvalue weighted by Gasteiger charge is -2.25. The third-order valence-corrected chi connectivity index (χ3v) is 3.72. The van der Waals surface area contributed by atoms with Gasteiger partial charge in [-0.25, -0.2) is 19.9 Å². The van der Waals surface area contributed by atoms with E-state index < -0.39 is 0 Å². The molecule has 0 saturated carbocycles. The fraction of sp³-hybridized carbons (Fsp3) is 0.417. The number of H-pyrrole nitrogens is 1. The number of rotatable bonds is 3. The molecule has 1 unspecified atom stereocenters. The van der Waals surface area contributed by atoms with E-state index >= 15 is 0 Å². The molecule has 0 aliphatic carbocycles. The summed E-state index contributed by atoms with van der Waals surface area (Å²) in [6, 6.07) is 0.373. The average Bonchev–Trinajstić information content (AvgIpc) is 3.19. The van der Waals surface area contributed by atoms with E-state index in [2.05, 4.69) is 34.9 Å². The molecule has 0 spiro atoms. The molecule has 0 radical (unpaired) electrons. The molecule has 0 amide bonds. The van der Waals surface area contributed by atoms with Crippen LogP contribution in [0.2, 0.25) is 0 Å². The molecule has 20 heavy (non-hydrogen) atoms. The van der Waals surface area contributed by atoms with Crippen molar-refractivity contribution in [2.45, 2.75) is 25.4 Å². The van der Waals surface area contributed by atoms with Crippen molar-refractivity contribution in [2.75, 3.05) is 11.4 Å². The maximum atomic E-state index is 4.44. The van der Waals surface area contributed by atoms with Crippen LogP contribution in [0.1, 0.15) is 12.8 Å². The van der Waals surface area contributed by atoms with Crippen LogP contribution in [0.25, 0.3) is 11.2 Å². The fourth-order valence-corrected chi connectivity index (χ4v) is 2.82. The standard InChI is InChI=1S/C12H14N8/c1-2-9(4-19-8-13-5-18-19)20(3-1)12-10-11(15-6-14-10)16-7-17-12/h5-9H,1-4H2,(H,14,15,16,17). The van der Waals surface area contributed by atoms with E-state index in [4.69, 9.17) is 0 Å². The number of fused-ring (bicyclic) bond motifs is 1. The normalized spacial score (nSPS) is 19.0. The van der Waals surface area contributed by atoms with Crippen molar-refractivity contribution in [3.63, 3.8) is 0 Å². The smallest absolute Gasteiger partial charge is 0.182 e. The van der Waals surface area contributed by atoms with Crippen molar-refractivity contribution in [3.8, 4) is 0 Å². The van der Waals surface area contributed by atoms with Crippen LogP contribution in [0.3, 0.4) is 0 Å². The molecule has 1 saturated heterocycles. The number of hydrogen-bond acceptors (Lipinski definition) is 6. The minimum absolute atomic E-state index is 0.373. The van der Waals surface area contributed by atoms with Crippen LogP contribution in [0.15, 0.2) is 25.3 Å². The largest absolute Gasteiger partial charge is 0.350 e. The summed E-state index contributed by atoms with van der Waals surface area (Å²) in [5, 5.41) is 4.19. The number of anilines is 1. The molecule has 1 aliphatic rings. The Balaban J connectivity index is 1.68. The summed E-state index contributed by atoms with van der Waals surface area (Å²) in [7, 11) is 0. The van der Waals surface area contributed by atoms with Crippen LogP contribution in [-0.2, 0) is 6.54 Å². The van der Waals surface area contributed by atoms with Gasteiger partial charge in [0.05, 0.1) is 18.9 Å². The highest BCUT2D eigenvalue weighted by molar-refractivity contribution is 5.82. The van der Waals surface area contributed by atoms with Crippen molar-refractivity contribution < 1.29 is 0 Å². The fourth-order valence-electron chi connectivity index (χ4n) is 2.82. The first-order valence-corrected chi connectivity index (χ1v) is 6.65. The molecule has 1 atom stereocenters. The summed E-state index contributed by atoms with van der Waals surface area (Å²) in [4.78, 5) is 22.2. The number of aromatic nitrogens is 7. The Bertz CT molecular complexity index is 703. The topological polar surface area (TPSA) is 88.4 Å². The molecule has 8 nitrogen and oxygen atoms in total. The van der Waals surface area contributed by atoms with E-state index in [-0.39, 0.29) is 0 Å². The van der Waals surface area contributed by atoms with Gasteiger partial charge in [-0.1, -0.05) is 0 Å². The minimum Gasteiger partial charge on any atom is -0.350 e. The zero-order chi connectivity index (χ0) is 13.4. The third-order valence-electron chi connectivity index (χ3n) is 3.72. The van der Waals surface area contributed by atoms with Gasteiger partial charge in [0, 0.05) is 6.54 Å². The first-order valence-electron chi connectivity index (χ1n) is 6.65. The molecule has 1 fully saturated rings. The van der Waals surface area contributed by atoms with Gasteiger partial charge in [-0.3, -0.25) is 4.68 Å². The molecule has 4 rings (SSSR count). The number of imidazole rings is 1. The monoisotopic (exact) mass is 270 g/mol. The van der Waals surface area contributed by atoms with Gasteiger partial charge in [0.1, 0.15) is 24.5 Å². The van der Waals surface area contributed by atoms with Gasteiger partial charge >= 0.3 is 0 Å². The number of nitrogens with one attached hydrogen (secondary N) is 1. The second-order valence-corrected chi connectivity index (χ2v) is 4.91. The molecule has 1 aliphatic heterocycles. The van der Waals surface area contributed by atoms with E-state index in [1.54, 1.807) is 25.3 Å². The van der Waals surface area contributed by atoms with Crippen molar-refractivity contribution >= 4 is 17.0 Å². The molecule has 1 N–H and O–H groups in total. The Morgan fingerprint density at radius 2 is 2.25 bits per heavy atom. The van der Waals surface area contributed by atoms with Gasteiger partial charge in [0.25, 0.3) is 0 Å². The van der Waals surface area contributed by atoms with Gasteiger partial charge in [0.2, 0.25) is 0 Å². The lowest BCUT2D eigenvalue weighted by atomic mass is 10.2. The Hall–Kier alpha value is -2.51.